The van der Waals surface area contributed by atoms with Crippen LogP contribution < -0.4 is 15.0 Å². The molecule has 0 spiro atoms. The Morgan fingerprint density at radius 2 is 1.85 bits per heavy atom. The van der Waals surface area contributed by atoms with Crippen LogP contribution in [0.25, 0.3) is 11.1 Å². The largest absolute Gasteiger partial charge is 0.506 e. The van der Waals surface area contributed by atoms with Gasteiger partial charge in [0.1, 0.15) is 28.5 Å². The summed E-state index contributed by atoms with van der Waals surface area (Å²) in [5.74, 6) is -1.81. The fourth-order valence-electron chi connectivity index (χ4n) is 3.59. The summed E-state index contributed by atoms with van der Waals surface area (Å²) in [6.45, 7) is 9.22. The van der Waals surface area contributed by atoms with Crippen molar-refractivity contribution in [2.45, 2.75) is 39.7 Å². The molecular formula is C28H35F2N3O6. The number of alkyl halides is 2. The number of allylic oxidation sites excluding steroid dienone is 2. The number of hydrogen-bond donors (Lipinski definition) is 2. The number of aromatic nitrogens is 1. The van der Waals surface area contributed by atoms with E-state index in [2.05, 4.69) is 21.5 Å². The second-order valence-corrected chi connectivity index (χ2v) is 8.25. The Kier molecular flexibility index (Phi) is 11.4. The number of rotatable bonds is 10. The molecule has 1 aromatic carbocycles. The number of ether oxygens (including phenoxy) is 4. The van der Waals surface area contributed by atoms with E-state index in [0.29, 0.717) is 53.7 Å². The van der Waals surface area contributed by atoms with Gasteiger partial charge in [0.05, 0.1) is 50.0 Å². The van der Waals surface area contributed by atoms with Crippen molar-refractivity contribution in [1.29, 1.82) is 0 Å². The molecule has 11 heteroatoms. The van der Waals surface area contributed by atoms with Crippen molar-refractivity contribution in [3.8, 4) is 28.4 Å². The molecule has 0 aliphatic carbocycles. The topological polar surface area (TPSA) is 115 Å². The van der Waals surface area contributed by atoms with Gasteiger partial charge in [0, 0.05) is 27.0 Å². The minimum atomic E-state index is -2.76. The Morgan fingerprint density at radius 1 is 1.21 bits per heavy atom. The van der Waals surface area contributed by atoms with Crippen molar-refractivity contribution < 1.29 is 32.8 Å². The van der Waals surface area contributed by atoms with Crippen molar-refractivity contribution in [2.75, 3.05) is 34.4 Å². The molecule has 0 unspecified atom stereocenters. The Morgan fingerprint density at radius 3 is 2.28 bits per heavy atom. The summed E-state index contributed by atoms with van der Waals surface area (Å²) in [6.07, 6.45) is 3.50. The molecule has 1 aromatic heterocycles. The van der Waals surface area contributed by atoms with Crippen LogP contribution in [0.2, 0.25) is 0 Å². The van der Waals surface area contributed by atoms with Crippen molar-refractivity contribution in [1.82, 2.24) is 4.98 Å². The molecule has 1 aliphatic rings. The van der Waals surface area contributed by atoms with E-state index in [0.717, 1.165) is 6.92 Å². The van der Waals surface area contributed by atoms with Crippen LogP contribution in [0.1, 0.15) is 38.4 Å². The van der Waals surface area contributed by atoms with Gasteiger partial charge >= 0.3 is 0 Å². The first-order valence-corrected chi connectivity index (χ1v) is 12.2. The highest BCUT2D eigenvalue weighted by Gasteiger charge is 2.28. The first-order valence-electron chi connectivity index (χ1n) is 12.2. The quantitative estimate of drug-likeness (QED) is 0.238. The van der Waals surface area contributed by atoms with Crippen LogP contribution in [0.4, 0.5) is 8.78 Å². The third kappa shape index (κ3) is 7.76. The number of nitrogens with zero attached hydrogens (tertiary/aromatic N) is 2. The minimum Gasteiger partial charge on any atom is -0.506 e. The highest BCUT2D eigenvalue weighted by Crippen LogP contribution is 2.44. The zero-order valence-electron chi connectivity index (χ0n) is 23.1. The monoisotopic (exact) mass is 547 g/mol. The van der Waals surface area contributed by atoms with Crippen molar-refractivity contribution >= 4 is 11.6 Å². The lowest BCUT2D eigenvalue weighted by molar-refractivity contribution is 0.102. The highest BCUT2D eigenvalue weighted by molar-refractivity contribution is 6.01. The predicted molar refractivity (Wildman–Crippen MR) is 148 cm³/mol. The summed E-state index contributed by atoms with van der Waals surface area (Å²) in [7, 11) is 4.49. The van der Waals surface area contributed by atoms with Crippen molar-refractivity contribution in [3.63, 3.8) is 0 Å². The number of halogens is 2. The van der Waals surface area contributed by atoms with E-state index >= 15 is 0 Å². The van der Waals surface area contributed by atoms with Gasteiger partial charge in [-0.05, 0) is 25.1 Å². The molecule has 0 bridgehead atoms. The second-order valence-electron chi connectivity index (χ2n) is 8.25. The standard InChI is InChI=1S/C22H28N2O6.C6H7F2N/c1-7-13(3)30-22(23-4)19-20(25)17(14(12-29-8-2)24-21(19)26)18-15(27-5)10-9-11-16(18)28-6;1-6(7,8)5-3-2-4-9-5/h9-11H,3,7-8,12H2,1-2,4-6H3,(H2,24,25,26);2-3H,4H2,1H3. The van der Waals surface area contributed by atoms with E-state index in [4.69, 9.17) is 18.9 Å². The number of hydrogen-bond acceptors (Lipinski definition) is 8. The van der Waals surface area contributed by atoms with Gasteiger partial charge < -0.3 is 29.0 Å². The summed E-state index contributed by atoms with van der Waals surface area (Å²) in [5.41, 5.74) is 0.356. The number of nitrogens with one attached hydrogen (secondary N) is 1. The molecule has 0 atom stereocenters. The van der Waals surface area contributed by atoms with Crippen LogP contribution in [-0.2, 0) is 16.1 Å². The highest BCUT2D eigenvalue weighted by atomic mass is 19.3. The Balaban J connectivity index is 0.000000499. The smallest absolute Gasteiger partial charge is 0.286 e. The zero-order valence-corrected chi connectivity index (χ0v) is 23.1. The van der Waals surface area contributed by atoms with E-state index in [1.807, 2.05) is 13.8 Å². The van der Waals surface area contributed by atoms with Crippen molar-refractivity contribution in [3.05, 3.63) is 64.3 Å². The number of benzene rings is 1. The molecule has 2 aromatic rings. The molecule has 2 N–H and O–H groups in total. The maximum Gasteiger partial charge on any atom is 0.286 e. The molecule has 0 radical (unpaired) electrons. The van der Waals surface area contributed by atoms with Crippen LogP contribution in [0.15, 0.2) is 57.5 Å². The normalized spacial score (nSPS) is 12.9. The average Bonchev–Trinajstić information content (AvgIpc) is 3.47. The molecular weight excluding hydrogens is 512 g/mol. The van der Waals surface area contributed by atoms with Gasteiger partial charge in [-0.1, -0.05) is 25.6 Å². The lowest BCUT2D eigenvalue weighted by atomic mass is 9.98. The van der Waals surface area contributed by atoms with Gasteiger partial charge in [-0.25, -0.2) is 0 Å². The van der Waals surface area contributed by atoms with Gasteiger partial charge in [0.15, 0.2) is 0 Å². The van der Waals surface area contributed by atoms with Crippen LogP contribution in [0.5, 0.6) is 17.2 Å². The summed E-state index contributed by atoms with van der Waals surface area (Å²) in [5, 5.41) is 11.3. The number of methoxy groups -OCH3 is 2. The maximum absolute atomic E-state index is 12.9. The molecule has 0 fully saturated rings. The first-order chi connectivity index (χ1) is 18.5. The zero-order chi connectivity index (χ0) is 29.2. The summed E-state index contributed by atoms with van der Waals surface area (Å²) < 4.78 is 46.6. The van der Waals surface area contributed by atoms with E-state index in [1.54, 1.807) is 24.3 Å². The molecule has 1 aliphatic heterocycles. The third-order valence-corrected chi connectivity index (χ3v) is 5.54. The van der Waals surface area contributed by atoms with E-state index < -0.39 is 11.5 Å². The molecule has 3 rings (SSSR count). The van der Waals surface area contributed by atoms with Crippen LogP contribution in [0.3, 0.4) is 0 Å². The average molecular weight is 548 g/mol. The number of aliphatic imine (C=N–C) groups is 2. The van der Waals surface area contributed by atoms with Gasteiger partial charge in [-0.2, -0.15) is 8.78 Å². The van der Waals surface area contributed by atoms with Crippen LogP contribution in [-0.4, -0.2) is 62.0 Å². The summed E-state index contributed by atoms with van der Waals surface area (Å²) >= 11 is 0. The maximum atomic E-state index is 12.9. The molecule has 39 heavy (non-hydrogen) atoms. The minimum absolute atomic E-state index is 0.0429. The van der Waals surface area contributed by atoms with E-state index in [1.165, 1.54) is 27.3 Å². The molecule has 212 valence electrons. The third-order valence-electron chi connectivity index (χ3n) is 5.54. The number of aromatic amines is 1. The van der Waals surface area contributed by atoms with Crippen LogP contribution in [0, 0.1) is 0 Å². The molecule has 2 heterocycles. The van der Waals surface area contributed by atoms with E-state index in [-0.39, 0.29) is 29.5 Å². The SMILES string of the molecule is C=C(CC)OC(=NC)c1c(O)c(-c2c(OC)cccc2OC)c(COCC)[nH]c1=O.CC(F)(F)C1=NCC=C1. The predicted octanol–water partition coefficient (Wildman–Crippen LogP) is 5.27. The Hall–Kier alpha value is -3.99. The first kappa shape index (κ1) is 31.2. The number of aromatic hydroxyl groups is 1. The van der Waals surface area contributed by atoms with Crippen LogP contribution >= 0.6 is 0 Å². The Labute approximate surface area is 226 Å². The Bertz CT molecular complexity index is 1290. The van der Waals surface area contributed by atoms with E-state index in [9.17, 15) is 18.7 Å². The lowest BCUT2D eigenvalue weighted by Crippen LogP contribution is -2.23. The summed E-state index contributed by atoms with van der Waals surface area (Å²) in [4.78, 5) is 23.2. The molecule has 0 saturated carbocycles. The summed E-state index contributed by atoms with van der Waals surface area (Å²) in [6, 6.07) is 5.23. The lowest BCUT2D eigenvalue weighted by Gasteiger charge is -2.19. The van der Waals surface area contributed by atoms with Gasteiger partial charge in [-0.3, -0.25) is 14.8 Å². The molecule has 9 nitrogen and oxygen atoms in total. The second kappa shape index (κ2) is 14.2. The van der Waals surface area contributed by atoms with Gasteiger partial charge in [0.2, 0.25) is 5.90 Å². The molecule has 0 amide bonds. The number of pyridine rings is 1. The van der Waals surface area contributed by atoms with Gasteiger partial charge in [-0.15, -0.1) is 0 Å². The number of H-pyrrole nitrogens is 1. The fourth-order valence-corrected chi connectivity index (χ4v) is 3.59. The fraction of sp³-hybridized carbons (Fsp3) is 0.393. The van der Waals surface area contributed by atoms with Crippen molar-refractivity contribution in [2.24, 2.45) is 9.98 Å². The molecule has 0 saturated heterocycles. The van der Waals surface area contributed by atoms with Gasteiger partial charge in [0.25, 0.3) is 11.5 Å².